The lowest BCUT2D eigenvalue weighted by Crippen LogP contribution is -2.17. The zero-order chi connectivity index (χ0) is 10.8. The Kier molecular flexibility index (Phi) is 2.54. The van der Waals surface area contributed by atoms with E-state index in [0.717, 1.165) is 29.5 Å². The second-order valence-electron chi connectivity index (χ2n) is 3.98. The van der Waals surface area contributed by atoms with E-state index in [9.17, 15) is 4.79 Å². The average molecular weight is 202 g/mol. The smallest absolute Gasteiger partial charge is 0.190 e. The molecule has 1 aliphatic carbocycles. The van der Waals surface area contributed by atoms with Crippen molar-refractivity contribution in [1.82, 2.24) is 9.88 Å². The minimum Gasteiger partial charge on any atom is -0.383 e. The van der Waals surface area contributed by atoms with E-state index >= 15 is 0 Å². The third kappa shape index (κ3) is 1.91. The molecule has 0 fully saturated rings. The van der Waals surface area contributed by atoms with Gasteiger partial charge in [0.1, 0.15) is 0 Å². The molecule has 0 bridgehead atoms. The summed E-state index contributed by atoms with van der Waals surface area (Å²) in [5.41, 5.74) is 2.77. The summed E-state index contributed by atoms with van der Waals surface area (Å²) in [6, 6.07) is 1.81. The van der Waals surface area contributed by atoms with Crippen LogP contribution in [0.25, 0.3) is 0 Å². The first-order chi connectivity index (χ1) is 7.18. The van der Waals surface area contributed by atoms with Gasteiger partial charge in [-0.1, -0.05) is 0 Å². The van der Waals surface area contributed by atoms with Crippen LogP contribution in [0.3, 0.4) is 0 Å². The Morgan fingerprint density at radius 3 is 2.93 bits per heavy atom. The second kappa shape index (κ2) is 3.85. The second-order valence-corrected chi connectivity index (χ2v) is 3.98. The van der Waals surface area contributed by atoms with Gasteiger partial charge in [-0.05, 0) is 24.5 Å². The SMILES string of the molecule is CN(C)/C=C1/CCc2cnccc2C1=O. The van der Waals surface area contributed by atoms with Gasteiger partial charge in [-0.3, -0.25) is 9.78 Å². The van der Waals surface area contributed by atoms with Crippen LogP contribution >= 0.6 is 0 Å². The molecule has 3 heteroatoms. The fourth-order valence-electron chi connectivity index (χ4n) is 1.84. The largest absolute Gasteiger partial charge is 0.383 e. The summed E-state index contributed by atoms with van der Waals surface area (Å²) in [4.78, 5) is 18.0. The number of allylic oxidation sites excluding steroid dienone is 1. The number of hydrogen-bond acceptors (Lipinski definition) is 3. The van der Waals surface area contributed by atoms with E-state index in [1.165, 1.54) is 0 Å². The number of carbonyl (C=O) groups is 1. The van der Waals surface area contributed by atoms with Crippen LogP contribution in [0.1, 0.15) is 22.3 Å². The molecule has 2 rings (SSSR count). The lowest BCUT2D eigenvalue weighted by Gasteiger charge is -2.18. The van der Waals surface area contributed by atoms with Crippen LogP contribution in [-0.4, -0.2) is 29.8 Å². The van der Waals surface area contributed by atoms with Gasteiger partial charge in [0.05, 0.1) is 0 Å². The number of pyridine rings is 1. The molecule has 0 atom stereocenters. The maximum absolute atomic E-state index is 12.0. The molecule has 0 aliphatic heterocycles. The third-order valence-electron chi connectivity index (χ3n) is 2.52. The van der Waals surface area contributed by atoms with Crippen LogP contribution in [0.5, 0.6) is 0 Å². The highest BCUT2D eigenvalue weighted by Crippen LogP contribution is 2.24. The maximum Gasteiger partial charge on any atom is 0.190 e. The van der Waals surface area contributed by atoms with E-state index in [0.29, 0.717) is 0 Å². The van der Waals surface area contributed by atoms with Crippen molar-refractivity contribution in [3.63, 3.8) is 0 Å². The lowest BCUT2D eigenvalue weighted by molar-refractivity contribution is 0.102. The van der Waals surface area contributed by atoms with E-state index in [1.807, 2.05) is 25.2 Å². The first-order valence-corrected chi connectivity index (χ1v) is 5.03. The van der Waals surface area contributed by atoms with Crippen LogP contribution in [0.2, 0.25) is 0 Å². The number of fused-ring (bicyclic) bond motifs is 1. The Morgan fingerprint density at radius 2 is 2.20 bits per heavy atom. The predicted molar refractivity (Wildman–Crippen MR) is 58.7 cm³/mol. The van der Waals surface area contributed by atoms with Gasteiger partial charge < -0.3 is 4.90 Å². The number of aryl methyl sites for hydroxylation is 1. The Labute approximate surface area is 89.4 Å². The summed E-state index contributed by atoms with van der Waals surface area (Å²) in [5, 5.41) is 0. The van der Waals surface area contributed by atoms with Crippen molar-refractivity contribution in [2.45, 2.75) is 12.8 Å². The Morgan fingerprint density at radius 1 is 1.40 bits per heavy atom. The van der Waals surface area contributed by atoms with E-state index in [2.05, 4.69) is 4.98 Å². The maximum atomic E-state index is 12.0. The quantitative estimate of drug-likeness (QED) is 0.649. The Bertz CT molecular complexity index is 421. The molecule has 1 heterocycles. The minimum absolute atomic E-state index is 0.146. The van der Waals surface area contributed by atoms with Crippen molar-refractivity contribution in [3.8, 4) is 0 Å². The van der Waals surface area contributed by atoms with Gasteiger partial charge in [0.15, 0.2) is 5.78 Å². The molecule has 0 saturated carbocycles. The molecular formula is C12H14N2O. The molecule has 78 valence electrons. The van der Waals surface area contributed by atoms with Gasteiger partial charge in [-0.2, -0.15) is 0 Å². The number of nitrogens with zero attached hydrogens (tertiary/aromatic N) is 2. The van der Waals surface area contributed by atoms with Crippen LogP contribution in [-0.2, 0) is 6.42 Å². The highest BCUT2D eigenvalue weighted by Gasteiger charge is 2.21. The summed E-state index contributed by atoms with van der Waals surface area (Å²) in [6.07, 6.45) is 7.10. The van der Waals surface area contributed by atoms with Crippen molar-refractivity contribution in [2.24, 2.45) is 0 Å². The Hall–Kier alpha value is -1.64. The molecule has 0 unspecified atom stereocenters. The zero-order valence-electron chi connectivity index (χ0n) is 9.03. The highest BCUT2D eigenvalue weighted by atomic mass is 16.1. The van der Waals surface area contributed by atoms with Gasteiger partial charge in [-0.15, -0.1) is 0 Å². The molecule has 1 aliphatic rings. The summed E-state index contributed by atoms with van der Waals surface area (Å²) in [7, 11) is 3.87. The summed E-state index contributed by atoms with van der Waals surface area (Å²) in [5.74, 6) is 0.146. The third-order valence-corrected chi connectivity index (χ3v) is 2.52. The van der Waals surface area contributed by atoms with Crippen molar-refractivity contribution >= 4 is 5.78 Å². The van der Waals surface area contributed by atoms with Crippen LogP contribution in [0.15, 0.2) is 30.2 Å². The molecule has 0 radical (unpaired) electrons. The molecule has 1 aromatic heterocycles. The first-order valence-electron chi connectivity index (χ1n) is 5.03. The Balaban J connectivity index is 2.38. The van der Waals surface area contributed by atoms with E-state index in [-0.39, 0.29) is 5.78 Å². The van der Waals surface area contributed by atoms with Gasteiger partial charge >= 0.3 is 0 Å². The monoisotopic (exact) mass is 202 g/mol. The van der Waals surface area contributed by atoms with Gasteiger partial charge in [0.2, 0.25) is 0 Å². The number of hydrogen-bond donors (Lipinski definition) is 0. The molecule has 0 spiro atoms. The van der Waals surface area contributed by atoms with E-state index < -0.39 is 0 Å². The number of ketones is 1. The highest BCUT2D eigenvalue weighted by molar-refractivity contribution is 6.10. The molecule has 0 amide bonds. The number of carbonyl (C=O) groups excluding carboxylic acids is 1. The fourth-order valence-corrected chi connectivity index (χ4v) is 1.84. The summed E-state index contributed by atoms with van der Waals surface area (Å²) in [6.45, 7) is 0. The van der Waals surface area contributed by atoms with Crippen LogP contribution < -0.4 is 0 Å². The fraction of sp³-hybridized carbons (Fsp3) is 0.333. The van der Waals surface area contributed by atoms with E-state index in [4.69, 9.17) is 0 Å². The van der Waals surface area contributed by atoms with Crippen LogP contribution in [0, 0.1) is 0 Å². The molecule has 0 aromatic carbocycles. The topological polar surface area (TPSA) is 33.2 Å². The van der Waals surface area contributed by atoms with Crippen molar-refractivity contribution in [2.75, 3.05) is 14.1 Å². The van der Waals surface area contributed by atoms with Gasteiger partial charge in [0.25, 0.3) is 0 Å². The number of Topliss-reactive ketones (excluding diaryl/α,β-unsaturated/α-hetero) is 1. The molecular weight excluding hydrogens is 188 g/mol. The van der Waals surface area contributed by atoms with Gasteiger partial charge in [-0.25, -0.2) is 0 Å². The van der Waals surface area contributed by atoms with Gasteiger partial charge in [0, 0.05) is 43.8 Å². The van der Waals surface area contributed by atoms with E-state index in [1.54, 1.807) is 18.5 Å². The average Bonchev–Trinajstić information content (AvgIpc) is 2.22. The van der Waals surface area contributed by atoms with Crippen LogP contribution in [0.4, 0.5) is 0 Å². The minimum atomic E-state index is 0.146. The lowest BCUT2D eigenvalue weighted by atomic mass is 9.88. The molecule has 0 saturated heterocycles. The summed E-state index contributed by atoms with van der Waals surface area (Å²) >= 11 is 0. The predicted octanol–water partition coefficient (Wildman–Crippen LogP) is 1.66. The van der Waals surface area contributed by atoms with Crippen molar-refractivity contribution in [3.05, 3.63) is 41.4 Å². The molecule has 1 aromatic rings. The number of aromatic nitrogens is 1. The standard InChI is InChI=1S/C12H14N2O/c1-14(2)8-10-4-3-9-7-13-6-5-11(9)12(10)15/h5-8H,3-4H2,1-2H3/b10-8-. The number of rotatable bonds is 1. The molecule has 3 nitrogen and oxygen atoms in total. The normalized spacial score (nSPS) is 17.7. The molecule has 15 heavy (non-hydrogen) atoms. The molecule has 0 N–H and O–H groups in total. The van der Waals surface area contributed by atoms with Crippen molar-refractivity contribution in [1.29, 1.82) is 0 Å². The summed E-state index contributed by atoms with van der Waals surface area (Å²) < 4.78 is 0. The zero-order valence-corrected chi connectivity index (χ0v) is 9.03. The van der Waals surface area contributed by atoms with Crippen molar-refractivity contribution < 1.29 is 4.79 Å². The first kappa shape index (κ1) is 9.90.